The van der Waals surface area contributed by atoms with E-state index >= 15 is 0 Å². The molecule has 2 N–H and O–H groups in total. The fraction of sp³-hybridized carbons (Fsp3) is 0.500. The maximum Gasteiger partial charge on any atom is 0.251 e. The Morgan fingerprint density at radius 3 is 2.61 bits per heavy atom. The first-order chi connectivity index (χ1) is 8.75. The van der Waals surface area contributed by atoms with Crippen LogP contribution in [-0.2, 0) is 0 Å². The molecule has 4 heteroatoms. The molecule has 0 unspecified atom stereocenters. The molecule has 18 heavy (non-hydrogen) atoms. The predicted molar refractivity (Wildman–Crippen MR) is 72.8 cm³/mol. The lowest BCUT2D eigenvalue weighted by atomic mass is 10.1. The van der Waals surface area contributed by atoms with Gasteiger partial charge in [0.15, 0.2) is 0 Å². The van der Waals surface area contributed by atoms with Gasteiger partial charge in [0.05, 0.1) is 0 Å². The maximum absolute atomic E-state index is 11.9. The summed E-state index contributed by atoms with van der Waals surface area (Å²) in [5.74, 6) is 0.0186. The molecule has 0 spiro atoms. The van der Waals surface area contributed by atoms with Crippen LogP contribution in [0.3, 0.4) is 0 Å². The highest BCUT2D eigenvalue weighted by molar-refractivity contribution is 5.94. The number of nitrogens with zero attached hydrogens (tertiary/aromatic N) is 1. The Kier molecular flexibility index (Phi) is 4.73. The van der Waals surface area contributed by atoms with Crippen molar-refractivity contribution < 1.29 is 4.79 Å². The molecule has 2 rings (SSSR count). The number of nitrogens with one attached hydrogen (secondary N) is 2. The number of hydrogen-bond donors (Lipinski definition) is 2. The second kappa shape index (κ2) is 6.52. The van der Waals surface area contributed by atoms with Gasteiger partial charge in [-0.2, -0.15) is 0 Å². The van der Waals surface area contributed by atoms with E-state index in [1.807, 2.05) is 31.2 Å². The number of amides is 1. The molecule has 1 saturated heterocycles. The highest BCUT2D eigenvalue weighted by Gasteiger charge is 2.09. The summed E-state index contributed by atoms with van der Waals surface area (Å²) in [6, 6.07) is 7.67. The summed E-state index contributed by atoms with van der Waals surface area (Å²) in [4.78, 5) is 14.2. The number of carbonyl (C=O) groups is 1. The summed E-state index contributed by atoms with van der Waals surface area (Å²) in [5.41, 5.74) is 1.91. The van der Waals surface area contributed by atoms with Crippen molar-refractivity contribution in [1.82, 2.24) is 15.5 Å². The van der Waals surface area contributed by atoms with Crippen LogP contribution in [0.1, 0.15) is 15.9 Å². The van der Waals surface area contributed by atoms with Crippen LogP contribution in [0.15, 0.2) is 24.3 Å². The van der Waals surface area contributed by atoms with Gasteiger partial charge in [-0.25, -0.2) is 0 Å². The lowest BCUT2D eigenvalue weighted by molar-refractivity contribution is 0.0947. The summed E-state index contributed by atoms with van der Waals surface area (Å²) >= 11 is 0. The SMILES string of the molecule is Cc1ccc(C(=O)NCCN2CCNCC2)cc1. The quantitative estimate of drug-likeness (QED) is 0.820. The fourth-order valence-electron chi connectivity index (χ4n) is 2.07. The summed E-state index contributed by atoms with van der Waals surface area (Å²) in [5, 5.41) is 6.28. The Balaban J connectivity index is 1.72. The van der Waals surface area contributed by atoms with Gasteiger partial charge in [-0.1, -0.05) is 17.7 Å². The van der Waals surface area contributed by atoms with Crippen LogP contribution < -0.4 is 10.6 Å². The first kappa shape index (κ1) is 13.1. The third kappa shape index (κ3) is 3.82. The van der Waals surface area contributed by atoms with Gasteiger partial charge in [-0.05, 0) is 19.1 Å². The molecule has 0 atom stereocenters. The number of aryl methyl sites for hydroxylation is 1. The third-order valence-corrected chi connectivity index (χ3v) is 3.24. The van der Waals surface area contributed by atoms with Crippen molar-refractivity contribution in [3.05, 3.63) is 35.4 Å². The van der Waals surface area contributed by atoms with Crippen molar-refractivity contribution in [2.24, 2.45) is 0 Å². The Labute approximate surface area is 108 Å². The standard InChI is InChI=1S/C14H21N3O/c1-12-2-4-13(5-3-12)14(18)16-8-11-17-9-6-15-7-10-17/h2-5,15H,6-11H2,1H3,(H,16,18). The molecule has 0 radical (unpaired) electrons. The van der Waals surface area contributed by atoms with Crippen LogP contribution in [0.4, 0.5) is 0 Å². The highest BCUT2D eigenvalue weighted by atomic mass is 16.1. The third-order valence-electron chi connectivity index (χ3n) is 3.24. The molecule has 1 aliphatic rings. The normalized spacial score (nSPS) is 16.5. The molecule has 0 saturated carbocycles. The first-order valence-corrected chi connectivity index (χ1v) is 6.53. The van der Waals surface area contributed by atoms with Crippen molar-refractivity contribution in [3.8, 4) is 0 Å². The van der Waals surface area contributed by atoms with Gasteiger partial charge in [0.2, 0.25) is 0 Å². The molecule has 1 fully saturated rings. The zero-order valence-corrected chi connectivity index (χ0v) is 10.9. The van der Waals surface area contributed by atoms with E-state index < -0.39 is 0 Å². The van der Waals surface area contributed by atoms with Crippen LogP contribution in [0, 0.1) is 6.92 Å². The van der Waals surface area contributed by atoms with E-state index in [1.165, 1.54) is 5.56 Å². The van der Waals surface area contributed by atoms with E-state index in [0.29, 0.717) is 6.54 Å². The van der Waals surface area contributed by atoms with Gasteiger partial charge in [0.25, 0.3) is 5.91 Å². The van der Waals surface area contributed by atoms with E-state index in [-0.39, 0.29) is 5.91 Å². The zero-order valence-electron chi connectivity index (χ0n) is 10.9. The molecule has 1 amide bonds. The molecule has 1 aliphatic heterocycles. The van der Waals surface area contributed by atoms with Crippen molar-refractivity contribution in [3.63, 3.8) is 0 Å². The van der Waals surface area contributed by atoms with Crippen molar-refractivity contribution in [2.45, 2.75) is 6.92 Å². The second-order valence-electron chi connectivity index (χ2n) is 4.71. The van der Waals surface area contributed by atoms with Gasteiger partial charge in [-0.3, -0.25) is 9.69 Å². The average molecular weight is 247 g/mol. The van der Waals surface area contributed by atoms with E-state index in [2.05, 4.69) is 15.5 Å². The van der Waals surface area contributed by atoms with Crippen LogP contribution >= 0.6 is 0 Å². The lowest BCUT2D eigenvalue weighted by Gasteiger charge is -2.27. The second-order valence-corrected chi connectivity index (χ2v) is 4.71. The van der Waals surface area contributed by atoms with Crippen LogP contribution in [-0.4, -0.2) is 50.1 Å². The number of piperazine rings is 1. The minimum Gasteiger partial charge on any atom is -0.351 e. The van der Waals surface area contributed by atoms with Gasteiger partial charge in [-0.15, -0.1) is 0 Å². The van der Waals surface area contributed by atoms with E-state index in [0.717, 1.165) is 38.3 Å². The zero-order chi connectivity index (χ0) is 12.8. The first-order valence-electron chi connectivity index (χ1n) is 6.53. The van der Waals surface area contributed by atoms with Crippen LogP contribution in [0.25, 0.3) is 0 Å². The molecular weight excluding hydrogens is 226 g/mol. The van der Waals surface area contributed by atoms with Crippen LogP contribution in [0.5, 0.6) is 0 Å². The minimum absolute atomic E-state index is 0.0186. The lowest BCUT2D eigenvalue weighted by Crippen LogP contribution is -2.46. The van der Waals surface area contributed by atoms with E-state index in [1.54, 1.807) is 0 Å². The number of hydrogen-bond acceptors (Lipinski definition) is 3. The van der Waals surface area contributed by atoms with Gasteiger partial charge >= 0.3 is 0 Å². The summed E-state index contributed by atoms with van der Waals surface area (Å²) in [7, 11) is 0. The fourth-order valence-corrected chi connectivity index (χ4v) is 2.07. The Morgan fingerprint density at radius 1 is 1.28 bits per heavy atom. The molecule has 4 nitrogen and oxygen atoms in total. The Bertz CT molecular complexity index is 383. The van der Waals surface area contributed by atoms with E-state index in [9.17, 15) is 4.79 Å². The molecular formula is C14H21N3O. The monoisotopic (exact) mass is 247 g/mol. The Hall–Kier alpha value is -1.39. The predicted octanol–water partition coefficient (Wildman–Crippen LogP) is 0.630. The van der Waals surface area contributed by atoms with Crippen LogP contribution in [0.2, 0.25) is 0 Å². The summed E-state index contributed by atoms with van der Waals surface area (Å²) in [6.07, 6.45) is 0. The van der Waals surface area contributed by atoms with Crippen molar-refractivity contribution in [1.29, 1.82) is 0 Å². The largest absolute Gasteiger partial charge is 0.351 e. The van der Waals surface area contributed by atoms with Gasteiger partial charge in [0, 0.05) is 44.8 Å². The average Bonchev–Trinajstić information content (AvgIpc) is 2.40. The van der Waals surface area contributed by atoms with E-state index in [4.69, 9.17) is 0 Å². The Morgan fingerprint density at radius 2 is 1.94 bits per heavy atom. The molecule has 0 bridgehead atoms. The van der Waals surface area contributed by atoms with Gasteiger partial charge < -0.3 is 10.6 Å². The molecule has 0 aromatic heterocycles. The molecule has 0 aliphatic carbocycles. The van der Waals surface area contributed by atoms with Crippen molar-refractivity contribution in [2.75, 3.05) is 39.3 Å². The number of benzene rings is 1. The molecule has 1 aromatic rings. The number of carbonyl (C=O) groups excluding carboxylic acids is 1. The highest BCUT2D eigenvalue weighted by Crippen LogP contribution is 2.02. The molecule has 1 heterocycles. The van der Waals surface area contributed by atoms with Crippen molar-refractivity contribution >= 4 is 5.91 Å². The topological polar surface area (TPSA) is 44.4 Å². The molecule has 1 aromatic carbocycles. The molecule has 98 valence electrons. The maximum atomic E-state index is 11.9. The minimum atomic E-state index is 0.0186. The summed E-state index contributed by atoms with van der Waals surface area (Å²) < 4.78 is 0. The summed E-state index contributed by atoms with van der Waals surface area (Å²) in [6.45, 7) is 7.90. The smallest absolute Gasteiger partial charge is 0.251 e. The van der Waals surface area contributed by atoms with Gasteiger partial charge in [0.1, 0.15) is 0 Å². The number of rotatable bonds is 4.